The Morgan fingerprint density at radius 3 is 2.45 bits per heavy atom. The van der Waals surface area contributed by atoms with Crippen molar-refractivity contribution in [2.45, 2.75) is 6.92 Å². The van der Waals surface area contributed by atoms with Crippen molar-refractivity contribution in [1.29, 1.82) is 0 Å². The van der Waals surface area contributed by atoms with Gasteiger partial charge in [-0.05, 0) is 13.0 Å². The van der Waals surface area contributed by atoms with Crippen LogP contribution in [-0.4, -0.2) is 5.11 Å². The largest absolute Gasteiger partial charge is 0.506 e. The summed E-state index contributed by atoms with van der Waals surface area (Å²) in [4.78, 5) is 0. The maximum atomic E-state index is 12.8. The van der Waals surface area contributed by atoms with E-state index in [0.717, 1.165) is 0 Å². The van der Waals surface area contributed by atoms with E-state index in [-0.39, 0.29) is 21.4 Å². The van der Waals surface area contributed by atoms with Crippen LogP contribution < -0.4 is 0 Å². The van der Waals surface area contributed by atoms with Crippen LogP contribution in [0.2, 0.25) is 10.0 Å². The number of hydrogen-bond acceptors (Lipinski definition) is 1. The van der Waals surface area contributed by atoms with Gasteiger partial charge in [0.25, 0.3) is 0 Å². The molecule has 4 heteroatoms. The summed E-state index contributed by atoms with van der Waals surface area (Å²) in [6.07, 6.45) is 0. The van der Waals surface area contributed by atoms with Gasteiger partial charge in [-0.2, -0.15) is 0 Å². The third-order valence-electron chi connectivity index (χ3n) is 1.37. The second kappa shape index (κ2) is 2.88. The summed E-state index contributed by atoms with van der Waals surface area (Å²) >= 11 is 10.9. The highest BCUT2D eigenvalue weighted by Crippen LogP contribution is 2.33. The van der Waals surface area contributed by atoms with Gasteiger partial charge in [0, 0.05) is 5.56 Å². The molecule has 1 nitrogen and oxygen atoms in total. The second-order valence-corrected chi connectivity index (χ2v) is 2.94. The van der Waals surface area contributed by atoms with Crippen LogP contribution in [0.5, 0.6) is 5.75 Å². The Morgan fingerprint density at radius 2 is 1.91 bits per heavy atom. The van der Waals surface area contributed by atoms with Crippen molar-refractivity contribution in [2.24, 2.45) is 0 Å². The molecule has 0 spiro atoms. The summed E-state index contributed by atoms with van der Waals surface area (Å²) in [5.41, 5.74) is 0.0718. The molecule has 0 unspecified atom stereocenters. The van der Waals surface area contributed by atoms with Crippen LogP contribution in [-0.2, 0) is 0 Å². The molecule has 11 heavy (non-hydrogen) atoms. The maximum Gasteiger partial charge on any atom is 0.148 e. The van der Waals surface area contributed by atoms with Gasteiger partial charge in [-0.3, -0.25) is 0 Å². The highest BCUT2D eigenvalue weighted by atomic mass is 35.5. The Kier molecular flexibility index (Phi) is 2.25. The van der Waals surface area contributed by atoms with E-state index < -0.39 is 5.82 Å². The molecule has 0 bridgehead atoms. The number of hydrogen-bond donors (Lipinski definition) is 1. The first-order chi connectivity index (χ1) is 5.04. The zero-order valence-corrected chi connectivity index (χ0v) is 7.17. The summed E-state index contributed by atoms with van der Waals surface area (Å²) in [6.45, 7) is 1.41. The molecule has 0 saturated heterocycles. The quantitative estimate of drug-likeness (QED) is 0.630. The molecule has 0 aliphatic carbocycles. The first-order valence-electron chi connectivity index (χ1n) is 2.87. The van der Waals surface area contributed by atoms with Gasteiger partial charge in [0.05, 0.1) is 10.0 Å². The third kappa shape index (κ3) is 1.42. The molecule has 0 saturated carbocycles. The standard InChI is InChI=1S/C7H5Cl2FO/c1-3-6(10)4(8)2-5(9)7(3)11/h2,11H,1H3. The van der Waals surface area contributed by atoms with E-state index >= 15 is 0 Å². The predicted molar refractivity (Wildman–Crippen MR) is 42.8 cm³/mol. The summed E-state index contributed by atoms with van der Waals surface area (Å²) in [5, 5.41) is 9.07. The van der Waals surface area contributed by atoms with E-state index in [1.807, 2.05) is 0 Å². The lowest BCUT2D eigenvalue weighted by molar-refractivity contribution is 0.463. The maximum absolute atomic E-state index is 12.8. The number of phenols is 1. The molecule has 1 rings (SSSR count). The molecule has 0 aliphatic heterocycles. The van der Waals surface area contributed by atoms with E-state index in [4.69, 9.17) is 28.3 Å². The van der Waals surface area contributed by atoms with Crippen molar-refractivity contribution < 1.29 is 9.50 Å². The van der Waals surface area contributed by atoms with E-state index in [2.05, 4.69) is 0 Å². The zero-order valence-electron chi connectivity index (χ0n) is 5.66. The van der Waals surface area contributed by atoms with Gasteiger partial charge in [-0.25, -0.2) is 4.39 Å². The highest BCUT2D eigenvalue weighted by Gasteiger charge is 2.11. The van der Waals surface area contributed by atoms with Gasteiger partial charge in [0.2, 0.25) is 0 Å². The fraction of sp³-hybridized carbons (Fsp3) is 0.143. The number of benzene rings is 1. The van der Waals surface area contributed by atoms with E-state index in [1.54, 1.807) is 0 Å². The minimum atomic E-state index is -0.631. The molecular formula is C7H5Cl2FO. The lowest BCUT2D eigenvalue weighted by Gasteiger charge is -2.03. The molecule has 0 radical (unpaired) electrons. The second-order valence-electron chi connectivity index (χ2n) is 2.13. The lowest BCUT2D eigenvalue weighted by atomic mass is 10.2. The lowest BCUT2D eigenvalue weighted by Crippen LogP contribution is -1.85. The van der Waals surface area contributed by atoms with Crippen LogP contribution in [0.25, 0.3) is 0 Å². The molecule has 0 aromatic heterocycles. The topological polar surface area (TPSA) is 20.2 Å². The minimum absolute atomic E-state index is 0.0638. The molecular weight excluding hydrogens is 190 g/mol. The highest BCUT2D eigenvalue weighted by molar-refractivity contribution is 6.35. The number of phenolic OH excluding ortho intramolecular Hbond substituents is 1. The molecule has 0 amide bonds. The Morgan fingerprint density at radius 1 is 1.36 bits per heavy atom. The van der Waals surface area contributed by atoms with Gasteiger partial charge in [-0.1, -0.05) is 23.2 Å². The van der Waals surface area contributed by atoms with Crippen molar-refractivity contribution in [2.75, 3.05) is 0 Å². The summed E-state index contributed by atoms with van der Waals surface area (Å²) in [6, 6.07) is 1.17. The van der Waals surface area contributed by atoms with Crippen molar-refractivity contribution in [3.05, 3.63) is 27.5 Å². The number of rotatable bonds is 0. The summed E-state index contributed by atoms with van der Waals surface area (Å²) in [5.74, 6) is -0.887. The van der Waals surface area contributed by atoms with Gasteiger partial charge in [-0.15, -0.1) is 0 Å². The average molecular weight is 195 g/mol. The first kappa shape index (κ1) is 8.62. The van der Waals surface area contributed by atoms with Crippen LogP contribution in [0.15, 0.2) is 6.07 Å². The van der Waals surface area contributed by atoms with Gasteiger partial charge < -0.3 is 5.11 Å². The Hall–Kier alpha value is -0.470. The van der Waals surface area contributed by atoms with E-state index in [1.165, 1.54) is 13.0 Å². The van der Waals surface area contributed by atoms with Crippen LogP contribution in [0.4, 0.5) is 4.39 Å². The molecule has 1 aromatic rings. The van der Waals surface area contributed by atoms with E-state index in [0.29, 0.717) is 0 Å². The molecule has 0 fully saturated rings. The molecule has 0 heterocycles. The molecule has 0 aliphatic rings. The summed E-state index contributed by atoms with van der Waals surface area (Å²) < 4.78 is 12.8. The molecule has 0 atom stereocenters. The van der Waals surface area contributed by atoms with Crippen LogP contribution in [0.3, 0.4) is 0 Å². The number of halogens is 3. The smallest absolute Gasteiger partial charge is 0.148 e. The van der Waals surface area contributed by atoms with Gasteiger partial charge >= 0.3 is 0 Å². The van der Waals surface area contributed by atoms with Gasteiger partial charge in [0.15, 0.2) is 0 Å². The molecule has 60 valence electrons. The minimum Gasteiger partial charge on any atom is -0.506 e. The Balaban J connectivity index is 3.46. The summed E-state index contributed by atoms with van der Waals surface area (Å²) in [7, 11) is 0. The number of aromatic hydroxyl groups is 1. The van der Waals surface area contributed by atoms with Crippen molar-refractivity contribution in [3.8, 4) is 5.75 Å². The third-order valence-corrected chi connectivity index (χ3v) is 1.94. The molecule has 1 aromatic carbocycles. The average Bonchev–Trinajstić information content (AvgIpc) is 1.97. The van der Waals surface area contributed by atoms with Gasteiger partial charge in [0.1, 0.15) is 11.6 Å². The Labute approximate surface area is 73.4 Å². The normalized spacial score (nSPS) is 10.2. The van der Waals surface area contributed by atoms with Crippen LogP contribution >= 0.6 is 23.2 Å². The van der Waals surface area contributed by atoms with Crippen molar-refractivity contribution in [3.63, 3.8) is 0 Å². The monoisotopic (exact) mass is 194 g/mol. The van der Waals surface area contributed by atoms with Crippen molar-refractivity contribution in [1.82, 2.24) is 0 Å². The molecule has 1 N–H and O–H groups in total. The van der Waals surface area contributed by atoms with Crippen LogP contribution in [0.1, 0.15) is 5.56 Å². The van der Waals surface area contributed by atoms with E-state index in [9.17, 15) is 4.39 Å². The predicted octanol–water partition coefficient (Wildman–Crippen LogP) is 3.15. The fourth-order valence-corrected chi connectivity index (χ4v) is 1.26. The fourth-order valence-electron chi connectivity index (χ4n) is 0.705. The van der Waals surface area contributed by atoms with Crippen LogP contribution in [0, 0.1) is 12.7 Å². The van der Waals surface area contributed by atoms with Crippen molar-refractivity contribution >= 4 is 23.2 Å². The zero-order chi connectivity index (χ0) is 8.59. The first-order valence-corrected chi connectivity index (χ1v) is 3.62. The SMILES string of the molecule is Cc1c(O)c(Cl)cc(Cl)c1F. The Bertz CT molecular complexity index is 273.